The van der Waals surface area contributed by atoms with Gasteiger partial charge in [0.25, 0.3) is 0 Å². The zero-order valence-electron chi connectivity index (χ0n) is 10.9. The molecule has 4 nitrogen and oxygen atoms in total. The molecule has 0 spiro atoms. The predicted octanol–water partition coefficient (Wildman–Crippen LogP) is 2.12. The van der Waals surface area contributed by atoms with E-state index in [0.717, 1.165) is 5.56 Å². The summed E-state index contributed by atoms with van der Waals surface area (Å²) in [6.07, 6.45) is 2.40. The Balaban J connectivity index is 2.13. The maximum Gasteiger partial charge on any atom is 0.242 e. The number of hydrogen-bond donors (Lipinski definition) is 2. The van der Waals surface area contributed by atoms with E-state index < -0.39 is 10.0 Å². The molecular formula is C13H19ClN2O2S. The van der Waals surface area contributed by atoms with Crippen molar-refractivity contribution < 1.29 is 8.42 Å². The van der Waals surface area contributed by atoms with E-state index in [9.17, 15) is 8.42 Å². The van der Waals surface area contributed by atoms with Gasteiger partial charge in [-0.2, -0.15) is 0 Å². The highest BCUT2D eigenvalue weighted by Gasteiger charge is 2.29. The van der Waals surface area contributed by atoms with Crippen LogP contribution in [-0.4, -0.2) is 15.0 Å². The van der Waals surface area contributed by atoms with Gasteiger partial charge in [0.1, 0.15) is 4.90 Å². The SMILES string of the molecule is CC(CNS(=O)(=O)c1cc(CN)ccc1Cl)C1CC1. The molecule has 0 heterocycles. The summed E-state index contributed by atoms with van der Waals surface area (Å²) < 4.78 is 27.1. The normalized spacial score (nSPS) is 17.4. The monoisotopic (exact) mass is 302 g/mol. The molecule has 1 aliphatic rings. The van der Waals surface area contributed by atoms with Crippen molar-refractivity contribution in [2.45, 2.75) is 31.2 Å². The summed E-state index contributed by atoms with van der Waals surface area (Å²) >= 11 is 5.97. The van der Waals surface area contributed by atoms with Gasteiger partial charge in [0, 0.05) is 13.1 Å². The van der Waals surface area contributed by atoms with Crippen LogP contribution in [-0.2, 0) is 16.6 Å². The van der Waals surface area contributed by atoms with Crippen molar-refractivity contribution in [2.75, 3.05) is 6.54 Å². The van der Waals surface area contributed by atoms with Gasteiger partial charge in [-0.25, -0.2) is 13.1 Å². The van der Waals surface area contributed by atoms with Crippen molar-refractivity contribution in [3.8, 4) is 0 Å². The molecule has 0 aliphatic heterocycles. The Morgan fingerprint density at radius 1 is 1.47 bits per heavy atom. The maximum atomic E-state index is 12.2. The lowest BCUT2D eigenvalue weighted by atomic mass is 10.1. The minimum atomic E-state index is -3.56. The molecular weight excluding hydrogens is 284 g/mol. The molecule has 1 atom stereocenters. The first-order valence-electron chi connectivity index (χ1n) is 6.42. The van der Waals surface area contributed by atoms with Gasteiger partial charge in [0.2, 0.25) is 10.0 Å². The molecule has 2 rings (SSSR count). The fourth-order valence-electron chi connectivity index (χ4n) is 2.03. The average molecular weight is 303 g/mol. The highest BCUT2D eigenvalue weighted by molar-refractivity contribution is 7.89. The van der Waals surface area contributed by atoms with Crippen molar-refractivity contribution in [2.24, 2.45) is 17.6 Å². The number of nitrogens with two attached hydrogens (primary N) is 1. The van der Waals surface area contributed by atoms with Crippen molar-refractivity contribution in [1.82, 2.24) is 4.72 Å². The lowest BCUT2D eigenvalue weighted by molar-refractivity contribution is 0.492. The Labute approximate surface area is 119 Å². The summed E-state index contributed by atoms with van der Waals surface area (Å²) in [4.78, 5) is 0.111. The fourth-order valence-corrected chi connectivity index (χ4v) is 3.72. The standard InChI is InChI=1S/C13H19ClN2O2S/c1-9(11-3-4-11)8-16-19(17,18)13-6-10(7-15)2-5-12(13)14/h2,5-6,9,11,16H,3-4,7-8,15H2,1H3. The molecule has 19 heavy (non-hydrogen) atoms. The lowest BCUT2D eigenvalue weighted by Crippen LogP contribution is -2.29. The highest BCUT2D eigenvalue weighted by Crippen LogP contribution is 2.36. The second-order valence-electron chi connectivity index (χ2n) is 5.14. The molecule has 1 saturated carbocycles. The Morgan fingerprint density at radius 3 is 2.74 bits per heavy atom. The molecule has 1 aromatic rings. The summed E-state index contributed by atoms with van der Waals surface area (Å²) in [5.74, 6) is 1.03. The van der Waals surface area contributed by atoms with Crippen LogP contribution in [0.1, 0.15) is 25.3 Å². The topological polar surface area (TPSA) is 72.2 Å². The first-order chi connectivity index (χ1) is 8.94. The van der Waals surface area contributed by atoms with E-state index in [4.69, 9.17) is 17.3 Å². The van der Waals surface area contributed by atoms with E-state index in [1.807, 2.05) is 0 Å². The van der Waals surface area contributed by atoms with Crippen LogP contribution in [0.15, 0.2) is 23.1 Å². The summed E-state index contributed by atoms with van der Waals surface area (Å²) in [7, 11) is -3.56. The van der Waals surface area contributed by atoms with Gasteiger partial charge in [0.05, 0.1) is 5.02 Å². The second-order valence-corrected chi connectivity index (χ2v) is 7.28. The molecule has 0 radical (unpaired) electrons. The van der Waals surface area contributed by atoms with Gasteiger partial charge in [-0.15, -0.1) is 0 Å². The van der Waals surface area contributed by atoms with E-state index in [1.54, 1.807) is 12.1 Å². The van der Waals surface area contributed by atoms with Crippen LogP contribution >= 0.6 is 11.6 Å². The minimum absolute atomic E-state index is 0.111. The fraction of sp³-hybridized carbons (Fsp3) is 0.538. The number of rotatable bonds is 6. The van der Waals surface area contributed by atoms with Crippen LogP contribution in [0.25, 0.3) is 0 Å². The zero-order valence-corrected chi connectivity index (χ0v) is 12.5. The van der Waals surface area contributed by atoms with Crippen LogP contribution in [0.4, 0.5) is 0 Å². The van der Waals surface area contributed by atoms with Crippen LogP contribution in [0.3, 0.4) is 0 Å². The minimum Gasteiger partial charge on any atom is -0.326 e. The van der Waals surface area contributed by atoms with Gasteiger partial charge < -0.3 is 5.73 Å². The number of benzene rings is 1. The molecule has 0 aromatic heterocycles. The van der Waals surface area contributed by atoms with Crippen molar-refractivity contribution >= 4 is 21.6 Å². The van der Waals surface area contributed by atoms with E-state index in [-0.39, 0.29) is 16.5 Å². The van der Waals surface area contributed by atoms with Gasteiger partial charge in [-0.3, -0.25) is 0 Å². The summed E-state index contributed by atoms with van der Waals surface area (Å²) in [5.41, 5.74) is 6.27. The van der Waals surface area contributed by atoms with Gasteiger partial charge in [-0.1, -0.05) is 24.6 Å². The molecule has 106 valence electrons. The quantitative estimate of drug-likeness (QED) is 0.845. The molecule has 1 aliphatic carbocycles. The first kappa shape index (κ1) is 14.8. The molecule has 1 aromatic carbocycles. The van der Waals surface area contributed by atoms with Crippen molar-refractivity contribution in [3.63, 3.8) is 0 Å². The second kappa shape index (κ2) is 5.79. The van der Waals surface area contributed by atoms with E-state index >= 15 is 0 Å². The molecule has 6 heteroatoms. The Hall–Kier alpha value is -0.620. The number of halogens is 1. The largest absolute Gasteiger partial charge is 0.326 e. The third kappa shape index (κ3) is 3.69. The number of sulfonamides is 1. The molecule has 1 fully saturated rings. The van der Waals surface area contributed by atoms with Crippen molar-refractivity contribution in [3.05, 3.63) is 28.8 Å². The Kier molecular flexibility index (Phi) is 4.50. The Bertz CT molecular complexity index is 556. The van der Waals surface area contributed by atoms with Crippen molar-refractivity contribution in [1.29, 1.82) is 0 Å². The zero-order chi connectivity index (χ0) is 14.0. The summed E-state index contributed by atoms with van der Waals surface area (Å²) in [6, 6.07) is 4.84. The lowest BCUT2D eigenvalue weighted by Gasteiger charge is -2.13. The average Bonchev–Trinajstić information content (AvgIpc) is 3.20. The predicted molar refractivity (Wildman–Crippen MR) is 76.4 cm³/mol. The molecule has 3 N–H and O–H groups in total. The van der Waals surface area contributed by atoms with E-state index in [1.165, 1.54) is 18.9 Å². The maximum absolute atomic E-state index is 12.2. The molecule has 0 saturated heterocycles. The summed E-state index contributed by atoms with van der Waals surface area (Å²) in [5, 5.41) is 0.226. The van der Waals surface area contributed by atoms with Gasteiger partial charge in [0.15, 0.2) is 0 Å². The van der Waals surface area contributed by atoms with E-state index in [2.05, 4.69) is 11.6 Å². The van der Waals surface area contributed by atoms with Crippen LogP contribution in [0.2, 0.25) is 5.02 Å². The number of hydrogen-bond acceptors (Lipinski definition) is 3. The van der Waals surface area contributed by atoms with Crippen LogP contribution in [0.5, 0.6) is 0 Å². The molecule has 0 amide bonds. The van der Waals surface area contributed by atoms with Gasteiger partial charge >= 0.3 is 0 Å². The highest BCUT2D eigenvalue weighted by atomic mass is 35.5. The Morgan fingerprint density at radius 2 is 2.16 bits per heavy atom. The van der Waals surface area contributed by atoms with Gasteiger partial charge in [-0.05, 0) is 42.4 Å². The van der Waals surface area contributed by atoms with Crippen LogP contribution in [0, 0.1) is 11.8 Å². The number of nitrogens with one attached hydrogen (secondary N) is 1. The molecule has 0 bridgehead atoms. The smallest absolute Gasteiger partial charge is 0.242 e. The third-order valence-corrected chi connectivity index (χ3v) is 5.45. The molecule has 1 unspecified atom stereocenters. The van der Waals surface area contributed by atoms with Crippen LogP contribution < -0.4 is 10.5 Å². The first-order valence-corrected chi connectivity index (χ1v) is 8.28. The van der Waals surface area contributed by atoms with E-state index in [0.29, 0.717) is 18.4 Å². The summed E-state index contributed by atoms with van der Waals surface area (Å²) in [6.45, 7) is 2.81. The third-order valence-electron chi connectivity index (χ3n) is 3.54.